The van der Waals surface area contributed by atoms with Gasteiger partial charge in [-0.05, 0) is 6.07 Å². The first kappa shape index (κ1) is 18.8. The highest BCUT2D eigenvalue weighted by molar-refractivity contribution is 5.38. The molecule has 0 aliphatic rings. The van der Waals surface area contributed by atoms with Gasteiger partial charge < -0.3 is 4.74 Å². The maximum Gasteiger partial charge on any atom is 0.447 e. The molecule has 23 heavy (non-hydrogen) atoms. The Morgan fingerprint density at radius 2 is 1.30 bits per heavy atom. The first-order valence-corrected chi connectivity index (χ1v) is 5.27. The number of non-ortho nitro benzene ring substituents is 1. The Labute approximate surface area is 120 Å². The maximum absolute atomic E-state index is 12.6. The lowest BCUT2D eigenvalue weighted by Gasteiger charge is -2.38. The zero-order valence-electron chi connectivity index (χ0n) is 10.4. The minimum atomic E-state index is -6.92. The quantitative estimate of drug-likeness (QED) is 0.458. The third-order valence-electron chi connectivity index (χ3n) is 2.50. The molecule has 0 unspecified atom stereocenters. The Kier molecular flexibility index (Phi) is 4.47. The molecule has 0 fully saturated rings. The third kappa shape index (κ3) is 3.27. The fourth-order valence-corrected chi connectivity index (χ4v) is 1.49. The second-order valence-corrected chi connectivity index (χ2v) is 4.03. The van der Waals surface area contributed by atoms with Gasteiger partial charge in [-0.1, -0.05) is 6.07 Å². The van der Waals surface area contributed by atoms with Crippen molar-refractivity contribution in [2.75, 3.05) is 0 Å². The van der Waals surface area contributed by atoms with Crippen molar-refractivity contribution in [3.63, 3.8) is 0 Å². The standard InChI is InChI=1S/C10H4F9NO3/c11-8(12,13)7(9(14,15)16,10(17,18)19)23-6-3-1-2-5(4-6)20(21)22/h1-4H. The molecule has 1 aromatic carbocycles. The molecule has 0 amide bonds. The van der Waals surface area contributed by atoms with E-state index in [1.807, 2.05) is 0 Å². The molecule has 0 aromatic heterocycles. The maximum atomic E-state index is 12.6. The van der Waals surface area contributed by atoms with Crippen LogP contribution in [0.15, 0.2) is 24.3 Å². The second kappa shape index (κ2) is 5.45. The van der Waals surface area contributed by atoms with E-state index < -0.39 is 40.5 Å². The van der Waals surface area contributed by atoms with Crippen LogP contribution >= 0.6 is 0 Å². The highest BCUT2D eigenvalue weighted by atomic mass is 19.4. The van der Waals surface area contributed by atoms with Gasteiger partial charge >= 0.3 is 24.1 Å². The molecular weight excluding hydrogens is 353 g/mol. The second-order valence-electron chi connectivity index (χ2n) is 4.03. The number of nitrogens with zero attached hydrogens (tertiary/aromatic N) is 1. The van der Waals surface area contributed by atoms with Crippen molar-refractivity contribution in [2.24, 2.45) is 0 Å². The van der Waals surface area contributed by atoms with Crippen molar-refractivity contribution in [2.45, 2.75) is 24.1 Å². The summed E-state index contributed by atoms with van der Waals surface area (Å²) >= 11 is 0. The van der Waals surface area contributed by atoms with Crippen LogP contribution in [0.4, 0.5) is 45.2 Å². The van der Waals surface area contributed by atoms with Crippen LogP contribution in [0, 0.1) is 10.1 Å². The van der Waals surface area contributed by atoms with E-state index in [4.69, 9.17) is 0 Å². The number of nitro groups is 1. The summed E-state index contributed by atoms with van der Waals surface area (Å²) in [6, 6.07) is 1.52. The summed E-state index contributed by atoms with van der Waals surface area (Å²) in [5, 5.41) is 10.4. The Hall–Kier alpha value is -2.21. The number of rotatable bonds is 3. The first-order chi connectivity index (χ1) is 10.1. The molecule has 0 bridgehead atoms. The van der Waals surface area contributed by atoms with Crippen LogP contribution in [0.5, 0.6) is 5.75 Å². The summed E-state index contributed by atoms with van der Waals surface area (Å²) in [7, 11) is 0. The van der Waals surface area contributed by atoms with Crippen LogP contribution in [-0.4, -0.2) is 29.1 Å². The van der Waals surface area contributed by atoms with Crippen molar-refractivity contribution >= 4 is 5.69 Å². The van der Waals surface area contributed by atoms with E-state index in [0.29, 0.717) is 18.2 Å². The molecule has 13 heteroatoms. The van der Waals surface area contributed by atoms with Gasteiger partial charge in [0.25, 0.3) is 5.69 Å². The number of halogens is 9. The molecule has 1 rings (SSSR count). The number of ether oxygens (including phenoxy) is 1. The van der Waals surface area contributed by atoms with E-state index >= 15 is 0 Å². The number of nitro benzene ring substituents is 1. The fraction of sp³-hybridized carbons (Fsp3) is 0.400. The molecule has 0 N–H and O–H groups in total. The number of alkyl halides is 9. The molecule has 0 atom stereocenters. The molecule has 0 radical (unpaired) electrons. The smallest absolute Gasteiger partial charge is 0.447 e. The number of hydrogen-bond donors (Lipinski definition) is 0. The van der Waals surface area contributed by atoms with Crippen LogP contribution in [0.2, 0.25) is 0 Å². The SMILES string of the molecule is O=[N+]([O-])c1cccc(OC(C(F)(F)F)(C(F)(F)F)C(F)(F)F)c1. The minimum absolute atomic E-state index is 0.0119. The molecule has 1 aromatic rings. The lowest BCUT2D eigenvalue weighted by molar-refractivity contribution is -0.437. The van der Waals surface area contributed by atoms with E-state index in [1.54, 1.807) is 0 Å². The van der Waals surface area contributed by atoms with Crippen molar-refractivity contribution in [3.8, 4) is 5.75 Å². The van der Waals surface area contributed by atoms with Crippen molar-refractivity contribution in [1.82, 2.24) is 0 Å². The lowest BCUT2D eigenvalue weighted by Crippen LogP contribution is -2.69. The molecule has 0 spiro atoms. The summed E-state index contributed by atoms with van der Waals surface area (Å²) in [4.78, 5) is 9.16. The van der Waals surface area contributed by atoms with Crippen LogP contribution in [0.25, 0.3) is 0 Å². The van der Waals surface area contributed by atoms with Crippen molar-refractivity contribution < 1.29 is 49.2 Å². The van der Waals surface area contributed by atoms with Crippen LogP contribution in [0.3, 0.4) is 0 Å². The summed E-state index contributed by atoms with van der Waals surface area (Å²) in [5.41, 5.74) is -7.58. The van der Waals surface area contributed by atoms with Crippen LogP contribution in [0.1, 0.15) is 0 Å². The largest absolute Gasteiger partial charge is 0.462 e. The summed E-state index contributed by atoms with van der Waals surface area (Å²) in [5.74, 6) is -1.62. The van der Waals surface area contributed by atoms with Gasteiger partial charge in [-0.3, -0.25) is 10.1 Å². The van der Waals surface area contributed by atoms with Gasteiger partial charge in [0.1, 0.15) is 5.75 Å². The highest BCUT2D eigenvalue weighted by Gasteiger charge is 2.87. The Bertz CT molecular complexity index is 554. The topological polar surface area (TPSA) is 52.4 Å². The number of benzene rings is 1. The molecule has 0 saturated heterocycles. The molecule has 0 aliphatic heterocycles. The monoisotopic (exact) mass is 357 g/mol. The van der Waals surface area contributed by atoms with Gasteiger partial charge in [0.2, 0.25) is 0 Å². The fourth-order valence-electron chi connectivity index (χ4n) is 1.49. The van der Waals surface area contributed by atoms with Crippen LogP contribution < -0.4 is 4.74 Å². The van der Waals surface area contributed by atoms with E-state index in [9.17, 15) is 49.6 Å². The third-order valence-corrected chi connectivity index (χ3v) is 2.50. The van der Waals surface area contributed by atoms with E-state index in [-0.39, 0.29) is 6.07 Å². The molecule has 0 heterocycles. The van der Waals surface area contributed by atoms with Crippen LogP contribution in [-0.2, 0) is 0 Å². The van der Waals surface area contributed by atoms with Crippen molar-refractivity contribution in [1.29, 1.82) is 0 Å². The predicted octanol–water partition coefficient (Wildman–Crippen LogP) is 4.40. The van der Waals surface area contributed by atoms with E-state index in [2.05, 4.69) is 4.74 Å². The number of hydrogen-bond acceptors (Lipinski definition) is 3. The highest BCUT2D eigenvalue weighted by Crippen LogP contribution is 2.54. The van der Waals surface area contributed by atoms with Gasteiger partial charge in [-0.15, -0.1) is 0 Å². The molecule has 0 aliphatic carbocycles. The van der Waals surface area contributed by atoms with Gasteiger partial charge in [-0.2, -0.15) is 39.5 Å². The zero-order chi connectivity index (χ0) is 18.3. The molecule has 4 nitrogen and oxygen atoms in total. The van der Waals surface area contributed by atoms with E-state index in [1.165, 1.54) is 0 Å². The minimum Gasteiger partial charge on any atom is -0.462 e. The average molecular weight is 357 g/mol. The molecule has 130 valence electrons. The Morgan fingerprint density at radius 1 is 0.870 bits per heavy atom. The summed E-state index contributed by atoms with van der Waals surface area (Å²) < 4.78 is 117. The van der Waals surface area contributed by atoms with Crippen molar-refractivity contribution in [3.05, 3.63) is 34.4 Å². The van der Waals surface area contributed by atoms with Gasteiger partial charge in [0.05, 0.1) is 11.0 Å². The van der Waals surface area contributed by atoms with Gasteiger partial charge in [-0.25, -0.2) is 0 Å². The lowest BCUT2D eigenvalue weighted by atomic mass is 10.0. The average Bonchev–Trinajstić information content (AvgIpc) is 2.31. The Morgan fingerprint density at radius 3 is 1.65 bits per heavy atom. The normalized spacial score (nSPS) is 13.8. The Balaban J connectivity index is 3.55. The summed E-state index contributed by atoms with van der Waals surface area (Å²) in [6.45, 7) is 0. The summed E-state index contributed by atoms with van der Waals surface area (Å²) in [6.07, 6.45) is -20.8. The first-order valence-electron chi connectivity index (χ1n) is 5.27. The van der Waals surface area contributed by atoms with Gasteiger partial charge in [0.15, 0.2) is 0 Å². The molecule has 0 saturated carbocycles. The zero-order valence-corrected chi connectivity index (χ0v) is 10.4. The predicted molar refractivity (Wildman–Crippen MR) is 54.6 cm³/mol. The van der Waals surface area contributed by atoms with Gasteiger partial charge in [0, 0.05) is 6.07 Å². The van der Waals surface area contributed by atoms with E-state index in [0.717, 1.165) is 0 Å². The molecular formula is C10H4F9NO3.